The molecule has 0 bridgehead atoms. The lowest BCUT2D eigenvalue weighted by atomic mass is 10.0. The van der Waals surface area contributed by atoms with E-state index >= 15 is 0 Å². The van der Waals surface area contributed by atoms with E-state index in [2.05, 4.69) is 4.98 Å². The highest BCUT2D eigenvalue weighted by atomic mass is 19.4. The number of hydrogen-bond acceptors (Lipinski definition) is 3. The second kappa shape index (κ2) is 7.56. The summed E-state index contributed by atoms with van der Waals surface area (Å²) in [5.41, 5.74) is 0.500. The maximum atomic E-state index is 12.8. The zero-order chi connectivity index (χ0) is 19.5. The van der Waals surface area contributed by atoms with E-state index in [-0.39, 0.29) is 23.2 Å². The largest absolute Gasteiger partial charge is 0.433 e. The minimum atomic E-state index is -4.55. The summed E-state index contributed by atoms with van der Waals surface area (Å²) in [6, 6.07) is 10.6. The van der Waals surface area contributed by atoms with Crippen LogP contribution in [-0.4, -0.2) is 22.3 Å². The third-order valence-corrected chi connectivity index (χ3v) is 4.20. The number of rotatable bonds is 4. The SMILES string of the molecule is CCN(C(=O)c1ccc(C(F)(F)F)nc1C)C(C)c1ccc(C#N)cc1. The van der Waals surface area contributed by atoms with Gasteiger partial charge in [-0.1, -0.05) is 12.1 Å². The van der Waals surface area contributed by atoms with Crippen LogP contribution in [0.5, 0.6) is 0 Å². The van der Waals surface area contributed by atoms with Crippen molar-refractivity contribution in [3.63, 3.8) is 0 Å². The van der Waals surface area contributed by atoms with Crippen molar-refractivity contribution in [2.24, 2.45) is 0 Å². The van der Waals surface area contributed by atoms with Crippen molar-refractivity contribution in [2.75, 3.05) is 6.54 Å². The first-order valence-electron chi connectivity index (χ1n) is 8.05. The molecular formula is C19H18F3N3O. The van der Waals surface area contributed by atoms with E-state index < -0.39 is 11.9 Å². The molecule has 1 unspecified atom stereocenters. The summed E-state index contributed by atoms with van der Waals surface area (Å²) >= 11 is 0. The van der Waals surface area contributed by atoms with Gasteiger partial charge in [-0.05, 0) is 50.6 Å². The molecule has 26 heavy (non-hydrogen) atoms. The second-order valence-corrected chi connectivity index (χ2v) is 5.83. The third-order valence-electron chi connectivity index (χ3n) is 4.20. The topological polar surface area (TPSA) is 57.0 Å². The fraction of sp³-hybridized carbons (Fsp3) is 0.316. The average molecular weight is 361 g/mol. The minimum absolute atomic E-state index is 0.0373. The predicted octanol–water partition coefficient (Wildman–Crippen LogP) is 4.50. The van der Waals surface area contributed by atoms with Crippen molar-refractivity contribution in [1.82, 2.24) is 9.88 Å². The lowest BCUT2D eigenvalue weighted by Crippen LogP contribution is -2.34. The highest BCUT2D eigenvalue weighted by molar-refractivity contribution is 5.95. The average Bonchev–Trinajstić information content (AvgIpc) is 2.61. The highest BCUT2D eigenvalue weighted by Crippen LogP contribution is 2.29. The molecule has 0 aliphatic carbocycles. The molecule has 1 heterocycles. The van der Waals surface area contributed by atoms with Crippen molar-refractivity contribution in [3.8, 4) is 6.07 Å². The first-order chi connectivity index (χ1) is 12.2. The van der Waals surface area contributed by atoms with E-state index in [1.165, 1.54) is 13.0 Å². The summed E-state index contributed by atoms with van der Waals surface area (Å²) in [5.74, 6) is -0.386. The number of benzene rings is 1. The van der Waals surface area contributed by atoms with Crippen LogP contribution < -0.4 is 0 Å². The maximum Gasteiger partial charge on any atom is 0.433 e. The van der Waals surface area contributed by atoms with Crippen LogP contribution in [0.3, 0.4) is 0 Å². The molecule has 4 nitrogen and oxygen atoms in total. The van der Waals surface area contributed by atoms with E-state index in [1.54, 1.807) is 36.1 Å². The summed E-state index contributed by atoms with van der Waals surface area (Å²) in [6.07, 6.45) is -4.55. The molecule has 0 N–H and O–H groups in total. The maximum absolute atomic E-state index is 12.8. The summed E-state index contributed by atoms with van der Waals surface area (Å²) in [4.78, 5) is 17.9. The van der Waals surface area contributed by atoms with E-state index in [1.807, 2.05) is 13.0 Å². The summed E-state index contributed by atoms with van der Waals surface area (Å²) in [7, 11) is 0. The lowest BCUT2D eigenvalue weighted by Gasteiger charge is -2.29. The van der Waals surface area contributed by atoms with Gasteiger partial charge in [0.15, 0.2) is 0 Å². The van der Waals surface area contributed by atoms with Gasteiger partial charge in [0, 0.05) is 6.54 Å². The number of aromatic nitrogens is 1. The Balaban J connectivity index is 2.31. The van der Waals surface area contributed by atoms with E-state index in [4.69, 9.17) is 5.26 Å². The van der Waals surface area contributed by atoms with Crippen LogP contribution in [-0.2, 0) is 6.18 Å². The number of amides is 1. The number of pyridine rings is 1. The fourth-order valence-electron chi connectivity index (χ4n) is 2.71. The van der Waals surface area contributed by atoms with Crippen LogP contribution >= 0.6 is 0 Å². The highest BCUT2D eigenvalue weighted by Gasteiger charge is 2.33. The van der Waals surface area contributed by atoms with Crippen LogP contribution in [0.25, 0.3) is 0 Å². The Morgan fingerprint density at radius 3 is 2.31 bits per heavy atom. The standard InChI is InChI=1S/C19H18F3N3O/c1-4-25(13(3)15-7-5-14(11-23)6-8-15)18(26)16-9-10-17(19(20,21)22)24-12(16)2/h5-10,13H,4H2,1-3H3. The molecule has 2 rings (SSSR count). The van der Waals surface area contributed by atoms with Crippen molar-refractivity contribution in [2.45, 2.75) is 33.0 Å². The molecule has 136 valence electrons. The molecule has 0 fully saturated rings. The number of hydrogen-bond donors (Lipinski definition) is 0. The number of alkyl halides is 3. The molecule has 0 saturated carbocycles. The Hall–Kier alpha value is -2.88. The first-order valence-corrected chi connectivity index (χ1v) is 8.05. The van der Waals surface area contributed by atoms with Crippen LogP contribution in [0, 0.1) is 18.3 Å². The normalized spacial score (nSPS) is 12.3. The van der Waals surface area contributed by atoms with Crippen LogP contribution in [0.15, 0.2) is 36.4 Å². The zero-order valence-electron chi connectivity index (χ0n) is 14.6. The van der Waals surface area contributed by atoms with Crippen molar-refractivity contribution >= 4 is 5.91 Å². The van der Waals surface area contributed by atoms with Crippen LogP contribution in [0.4, 0.5) is 13.2 Å². The Bertz CT molecular complexity index is 839. The van der Waals surface area contributed by atoms with E-state index in [0.717, 1.165) is 11.6 Å². The van der Waals surface area contributed by atoms with E-state index in [9.17, 15) is 18.0 Å². The first kappa shape index (κ1) is 19.4. The molecule has 1 amide bonds. The predicted molar refractivity (Wildman–Crippen MR) is 90.3 cm³/mol. The van der Waals surface area contributed by atoms with Gasteiger partial charge in [-0.25, -0.2) is 4.98 Å². The smallest absolute Gasteiger partial charge is 0.332 e. The van der Waals surface area contributed by atoms with Gasteiger partial charge >= 0.3 is 6.18 Å². The van der Waals surface area contributed by atoms with Crippen molar-refractivity contribution < 1.29 is 18.0 Å². The fourth-order valence-corrected chi connectivity index (χ4v) is 2.71. The van der Waals surface area contributed by atoms with Gasteiger partial charge in [-0.15, -0.1) is 0 Å². The summed E-state index contributed by atoms with van der Waals surface area (Å²) in [5, 5.41) is 8.87. The lowest BCUT2D eigenvalue weighted by molar-refractivity contribution is -0.141. The van der Waals surface area contributed by atoms with Gasteiger partial charge in [0.05, 0.1) is 28.9 Å². The summed E-state index contributed by atoms with van der Waals surface area (Å²) in [6.45, 7) is 5.39. The number of carbonyl (C=O) groups excluding carboxylic acids is 1. The van der Waals surface area contributed by atoms with Gasteiger partial charge in [-0.3, -0.25) is 4.79 Å². The Morgan fingerprint density at radius 2 is 1.85 bits per heavy atom. The van der Waals surface area contributed by atoms with Crippen LogP contribution in [0.1, 0.15) is 52.8 Å². The molecule has 0 spiro atoms. The summed E-state index contributed by atoms with van der Waals surface area (Å²) < 4.78 is 38.3. The molecule has 1 atom stereocenters. The van der Waals surface area contributed by atoms with Gasteiger partial charge in [-0.2, -0.15) is 18.4 Å². The Kier molecular flexibility index (Phi) is 5.66. The Morgan fingerprint density at radius 1 is 1.23 bits per heavy atom. The second-order valence-electron chi connectivity index (χ2n) is 5.83. The molecule has 7 heteroatoms. The number of nitrogens with zero attached hydrogens (tertiary/aromatic N) is 3. The van der Waals surface area contributed by atoms with Gasteiger partial charge in [0.25, 0.3) is 5.91 Å². The van der Waals surface area contributed by atoms with Gasteiger partial charge in [0.2, 0.25) is 0 Å². The van der Waals surface area contributed by atoms with Gasteiger partial charge in [0.1, 0.15) is 5.69 Å². The number of aryl methyl sites for hydroxylation is 1. The van der Waals surface area contributed by atoms with Crippen LogP contribution in [0.2, 0.25) is 0 Å². The quantitative estimate of drug-likeness (QED) is 0.805. The molecule has 2 aromatic rings. The number of carbonyl (C=O) groups is 1. The zero-order valence-corrected chi connectivity index (χ0v) is 14.6. The monoisotopic (exact) mass is 361 g/mol. The molecular weight excluding hydrogens is 343 g/mol. The number of nitriles is 1. The molecule has 0 aliphatic rings. The molecule has 0 radical (unpaired) electrons. The van der Waals surface area contributed by atoms with Crippen molar-refractivity contribution in [3.05, 3.63) is 64.5 Å². The van der Waals surface area contributed by atoms with Crippen molar-refractivity contribution in [1.29, 1.82) is 5.26 Å². The molecule has 1 aromatic heterocycles. The molecule has 0 saturated heterocycles. The van der Waals surface area contributed by atoms with E-state index in [0.29, 0.717) is 12.1 Å². The molecule has 0 aliphatic heterocycles. The third kappa shape index (κ3) is 4.02. The van der Waals surface area contributed by atoms with Gasteiger partial charge < -0.3 is 4.90 Å². The molecule has 1 aromatic carbocycles. The number of halogens is 3. The Labute approximate surface area is 149 Å². The minimum Gasteiger partial charge on any atom is -0.332 e.